The zero-order valence-electron chi connectivity index (χ0n) is 12.7. The minimum Gasteiger partial charge on any atom is -0.328 e. The molecule has 1 heterocycles. The van der Waals surface area contributed by atoms with Crippen molar-refractivity contribution in [3.63, 3.8) is 0 Å². The SMILES string of the molecule is CCCn1c(CC2(N)CCCCC2)nc2ccc(F)cc21. The Kier molecular flexibility index (Phi) is 3.98. The molecular formula is C17H24FN3. The number of nitrogens with zero attached hydrogens (tertiary/aromatic N) is 2. The highest BCUT2D eigenvalue weighted by atomic mass is 19.1. The van der Waals surface area contributed by atoms with Crippen LogP contribution in [0.4, 0.5) is 4.39 Å². The van der Waals surface area contributed by atoms with Gasteiger partial charge in [0.1, 0.15) is 11.6 Å². The van der Waals surface area contributed by atoms with Crippen LogP contribution in [0.5, 0.6) is 0 Å². The fourth-order valence-electron chi connectivity index (χ4n) is 3.50. The van der Waals surface area contributed by atoms with Gasteiger partial charge in [-0.15, -0.1) is 0 Å². The van der Waals surface area contributed by atoms with Crippen LogP contribution >= 0.6 is 0 Å². The molecule has 3 nitrogen and oxygen atoms in total. The molecule has 3 rings (SSSR count). The fraction of sp³-hybridized carbons (Fsp3) is 0.588. The first kappa shape index (κ1) is 14.5. The van der Waals surface area contributed by atoms with Crippen molar-refractivity contribution in [3.05, 3.63) is 29.8 Å². The number of aromatic nitrogens is 2. The third-order valence-corrected chi connectivity index (χ3v) is 4.60. The maximum Gasteiger partial charge on any atom is 0.125 e. The molecule has 4 heteroatoms. The number of nitrogens with two attached hydrogens (primary N) is 1. The number of imidazole rings is 1. The zero-order chi connectivity index (χ0) is 14.9. The van der Waals surface area contributed by atoms with Crippen molar-refractivity contribution in [2.45, 2.75) is 64.0 Å². The topological polar surface area (TPSA) is 43.8 Å². The van der Waals surface area contributed by atoms with E-state index in [9.17, 15) is 4.39 Å². The summed E-state index contributed by atoms with van der Waals surface area (Å²) in [5.41, 5.74) is 8.21. The fourth-order valence-corrected chi connectivity index (χ4v) is 3.50. The molecule has 21 heavy (non-hydrogen) atoms. The highest BCUT2D eigenvalue weighted by molar-refractivity contribution is 5.76. The van der Waals surface area contributed by atoms with Crippen LogP contribution in [0.25, 0.3) is 11.0 Å². The van der Waals surface area contributed by atoms with Crippen LogP contribution in [0, 0.1) is 5.82 Å². The molecule has 0 aliphatic heterocycles. The molecule has 0 unspecified atom stereocenters. The molecule has 2 N–H and O–H groups in total. The molecule has 1 aliphatic carbocycles. The molecule has 0 radical (unpaired) electrons. The van der Waals surface area contributed by atoms with Gasteiger partial charge >= 0.3 is 0 Å². The van der Waals surface area contributed by atoms with E-state index >= 15 is 0 Å². The smallest absolute Gasteiger partial charge is 0.125 e. The lowest BCUT2D eigenvalue weighted by atomic mass is 9.80. The van der Waals surface area contributed by atoms with Crippen LogP contribution in [-0.2, 0) is 13.0 Å². The molecule has 1 aromatic heterocycles. The summed E-state index contributed by atoms with van der Waals surface area (Å²) in [6, 6.07) is 4.84. The van der Waals surface area contributed by atoms with Gasteiger partial charge in [0.25, 0.3) is 0 Å². The molecule has 0 saturated heterocycles. The normalized spacial score (nSPS) is 18.2. The van der Waals surface area contributed by atoms with Crippen molar-refractivity contribution in [2.24, 2.45) is 5.73 Å². The Bertz CT molecular complexity index is 626. The van der Waals surface area contributed by atoms with Gasteiger partial charge in [-0.05, 0) is 37.5 Å². The molecule has 0 spiro atoms. The van der Waals surface area contributed by atoms with Crippen molar-refractivity contribution in [3.8, 4) is 0 Å². The highest BCUT2D eigenvalue weighted by Crippen LogP contribution is 2.30. The molecule has 1 fully saturated rings. The quantitative estimate of drug-likeness (QED) is 0.930. The number of hydrogen-bond donors (Lipinski definition) is 1. The number of fused-ring (bicyclic) bond motifs is 1. The summed E-state index contributed by atoms with van der Waals surface area (Å²) in [5.74, 6) is 0.813. The Morgan fingerprint density at radius 2 is 2.05 bits per heavy atom. The van der Waals surface area contributed by atoms with Gasteiger partial charge in [0.15, 0.2) is 0 Å². The van der Waals surface area contributed by atoms with Gasteiger partial charge in [-0.3, -0.25) is 0 Å². The summed E-state index contributed by atoms with van der Waals surface area (Å²) in [7, 11) is 0. The Hall–Kier alpha value is -1.42. The number of benzene rings is 1. The summed E-state index contributed by atoms with van der Waals surface area (Å²) in [5, 5.41) is 0. The van der Waals surface area contributed by atoms with Crippen molar-refractivity contribution in [1.82, 2.24) is 9.55 Å². The molecule has 114 valence electrons. The van der Waals surface area contributed by atoms with E-state index in [2.05, 4.69) is 11.5 Å². The van der Waals surface area contributed by atoms with Crippen molar-refractivity contribution >= 4 is 11.0 Å². The summed E-state index contributed by atoms with van der Waals surface area (Å²) in [4.78, 5) is 4.73. The third-order valence-electron chi connectivity index (χ3n) is 4.60. The first-order valence-corrected chi connectivity index (χ1v) is 8.05. The van der Waals surface area contributed by atoms with Gasteiger partial charge in [0.2, 0.25) is 0 Å². The summed E-state index contributed by atoms with van der Waals surface area (Å²) < 4.78 is 15.7. The van der Waals surface area contributed by atoms with Gasteiger partial charge < -0.3 is 10.3 Å². The van der Waals surface area contributed by atoms with Crippen molar-refractivity contribution < 1.29 is 4.39 Å². The van der Waals surface area contributed by atoms with Gasteiger partial charge in [-0.2, -0.15) is 0 Å². The Morgan fingerprint density at radius 1 is 1.29 bits per heavy atom. The highest BCUT2D eigenvalue weighted by Gasteiger charge is 2.29. The first-order chi connectivity index (χ1) is 10.1. The Labute approximate surface area is 125 Å². The predicted molar refractivity (Wildman–Crippen MR) is 83.7 cm³/mol. The van der Waals surface area contributed by atoms with Crippen molar-refractivity contribution in [2.75, 3.05) is 0 Å². The van der Waals surface area contributed by atoms with Crippen molar-refractivity contribution in [1.29, 1.82) is 0 Å². The van der Waals surface area contributed by atoms with E-state index in [0.717, 1.165) is 49.1 Å². The van der Waals surface area contributed by atoms with E-state index in [1.165, 1.54) is 25.3 Å². The van der Waals surface area contributed by atoms with Crippen LogP contribution in [0.3, 0.4) is 0 Å². The summed E-state index contributed by atoms with van der Waals surface area (Å²) >= 11 is 0. The average Bonchev–Trinajstić information content (AvgIpc) is 2.77. The minimum atomic E-state index is -0.202. The van der Waals surface area contributed by atoms with Gasteiger partial charge in [-0.25, -0.2) is 9.37 Å². The Balaban J connectivity index is 1.98. The number of aryl methyl sites for hydroxylation is 1. The second-order valence-electron chi connectivity index (χ2n) is 6.41. The molecule has 0 atom stereocenters. The number of hydrogen-bond acceptors (Lipinski definition) is 2. The maximum absolute atomic E-state index is 13.5. The van der Waals surface area contributed by atoms with Crippen LogP contribution in [0.2, 0.25) is 0 Å². The standard InChI is InChI=1S/C17H24FN3/c1-2-10-21-15-11-13(18)6-7-14(15)20-16(21)12-17(19)8-4-3-5-9-17/h6-7,11H,2-5,8-10,12,19H2,1H3. The molecular weight excluding hydrogens is 265 g/mol. The molecule has 1 aliphatic rings. The first-order valence-electron chi connectivity index (χ1n) is 8.05. The van der Waals surface area contributed by atoms with E-state index in [1.807, 2.05) is 0 Å². The Morgan fingerprint density at radius 3 is 2.76 bits per heavy atom. The van der Waals surface area contributed by atoms with Crippen LogP contribution in [0.1, 0.15) is 51.3 Å². The van der Waals surface area contributed by atoms with E-state index in [0.29, 0.717) is 0 Å². The van der Waals surface area contributed by atoms with E-state index in [-0.39, 0.29) is 11.4 Å². The summed E-state index contributed by atoms with van der Waals surface area (Å²) in [6.45, 7) is 3.00. The maximum atomic E-state index is 13.5. The lowest BCUT2D eigenvalue weighted by Gasteiger charge is -2.33. The van der Waals surface area contributed by atoms with E-state index in [4.69, 9.17) is 10.7 Å². The number of halogens is 1. The average molecular weight is 289 g/mol. The molecule has 1 saturated carbocycles. The van der Waals surface area contributed by atoms with Gasteiger partial charge in [-0.1, -0.05) is 26.2 Å². The minimum absolute atomic E-state index is 0.135. The van der Waals surface area contributed by atoms with E-state index in [1.54, 1.807) is 12.1 Å². The lowest BCUT2D eigenvalue weighted by molar-refractivity contribution is 0.287. The molecule has 1 aromatic carbocycles. The third kappa shape index (κ3) is 2.95. The zero-order valence-corrected chi connectivity index (χ0v) is 12.7. The predicted octanol–water partition coefficient (Wildman–Crippen LogP) is 3.79. The second kappa shape index (κ2) is 5.76. The van der Waals surface area contributed by atoms with Gasteiger partial charge in [0.05, 0.1) is 11.0 Å². The second-order valence-corrected chi connectivity index (χ2v) is 6.41. The molecule has 2 aromatic rings. The molecule has 0 bridgehead atoms. The van der Waals surface area contributed by atoms with Gasteiger partial charge in [0, 0.05) is 18.5 Å². The molecule has 0 amide bonds. The lowest BCUT2D eigenvalue weighted by Crippen LogP contribution is -2.44. The monoisotopic (exact) mass is 289 g/mol. The van der Waals surface area contributed by atoms with E-state index < -0.39 is 0 Å². The largest absolute Gasteiger partial charge is 0.328 e. The van der Waals surface area contributed by atoms with Crippen LogP contribution in [0.15, 0.2) is 18.2 Å². The van der Waals surface area contributed by atoms with Crippen LogP contribution in [-0.4, -0.2) is 15.1 Å². The van der Waals surface area contributed by atoms with Crippen LogP contribution < -0.4 is 5.73 Å². The summed E-state index contributed by atoms with van der Waals surface area (Å²) in [6.07, 6.45) is 7.64. The number of rotatable bonds is 4.